The zero-order chi connectivity index (χ0) is 16.7. The summed E-state index contributed by atoms with van der Waals surface area (Å²) in [6.45, 7) is 2.02. The zero-order valence-corrected chi connectivity index (χ0v) is 14.8. The van der Waals surface area contributed by atoms with Gasteiger partial charge in [0.25, 0.3) is 0 Å². The van der Waals surface area contributed by atoms with E-state index in [9.17, 15) is 8.42 Å². The number of piperidine rings is 1. The van der Waals surface area contributed by atoms with Gasteiger partial charge in [0, 0.05) is 30.8 Å². The maximum atomic E-state index is 12.9. The number of hydrogen-bond donors (Lipinski definition) is 1. The van der Waals surface area contributed by atoms with E-state index in [0.29, 0.717) is 24.6 Å². The number of ether oxygens (including phenoxy) is 2. The van der Waals surface area contributed by atoms with Crippen molar-refractivity contribution in [2.24, 2.45) is 0 Å². The lowest BCUT2D eigenvalue weighted by molar-refractivity contribution is 0.121. The predicted molar refractivity (Wildman–Crippen MR) is 87.9 cm³/mol. The summed E-state index contributed by atoms with van der Waals surface area (Å²) in [6, 6.07) is 2.91. The summed E-state index contributed by atoms with van der Waals surface area (Å²) in [7, 11) is -0.695. The maximum absolute atomic E-state index is 12.9. The first-order valence-corrected chi connectivity index (χ1v) is 9.40. The van der Waals surface area contributed by atoms with Crippen molar-refractivity contribution >= 4 is 21.6 Å². The van der Waals surface area contributed by atoms with Crippen LogP contribution < -0.4 is 14.8 Å². The van der Waals surface area contributed by atoms with Crippen LogP contribution in [0.3, 0.4) is 0 Å². The standard InChI is InChI=1S/C15H21ClN2O4S/c1-21-12-9-11(16)14(10-13(12)22-2)23(19,20)18-7-4-15(5-8-18)3-6-17-15/h9-10,17H,3-8H2,1-2H3. The van der Waals surface area contributed by atoms with Crippen molar-refractivity contribution in [2.75, 3.05) is 33.9 Å². The molecule has 2 fully saturated rings. The topological polar surface area (TPSA) is 67.9 Å². The molecule has 6 nitrogen and oxygen atoms in total. The molecule has 1 aromatic carbocycles. The van der Waals surface area contributed by atoms with E-state index >= 15 is 0 Å². The van der Waals surface area contributed by atoms with Crippen molar-refractivity contribution in [2.45, 2.75) is 29.7 Å². The van der Waals surface area contributed by atoms with Crippen molar-refractivity contribution in [3.63, 3.8) is 0 Å². The van der Waals surface area contributed by atoms with E-state index < -0.39 is 10.0 Å². The molecule has 8 heteroatoms. The average Bonchev–Trinajstić information content (AvgIpc) is 2.52. The molecular formula is C15H21ClN2O4S. The molecule has 3 rings (SSSR count). The summed E-state index contributed by atoms with van der Waals surface area (Å²) < 4.78 is 37.7. The minimum Gasteiger partial charge on any atom is -0.493 e. The molecule has 0 atom stereocenters. The SMILES string of the molecule is COc1cc(Cl)c(S(=O)(=O)N2CCC3(CCN3)CC2)cc1OC. The van der Waals surface area contributed by atoms with Crippen molar-refractivity contribution in [3.05, 3.63) is 17.2 Å². The van der Waals surface area contributed by atoms with Crippen molar-refractivity contribution in [1.82, 2.24) is 9.62 Å². The van der Waals surface area contributed by atoms with Crippen LogP contribution in [0, 0.1) is 0 Å². The van der Waals surface area contributed by atoms with Crippen molar-refractivity contribution in [3.8, 4) is 11.5 Å². The van der Waals surface area contributed by atoms with Crippen LogP contribution in [0.4, 0.5) is 0 Å². The van der Waals surface area contributed by atoms with Crippen molar-refractivity contribution in [1.29, 1.82) is 0 Å². The van der Waals surface area contributed by atoms with Gasteiger partial charge in [-0.3, -0.25) is 0 Å². The first-order valence-electron chi connectivity index (χ1n) is 7.59. The molecule has 2 aliphatic rings. The third kappa shape index (κ3) is 2.91. The lowest BCUT2D eigenvalue weighted by atomic mass is 9.80. The van der Waals surface area contributed by atoms with Crippen LogP contribution in [-0.2, 0) is 10.0 Å². The number of nitrogens with one attached hydrogen (secondary N) is 1. The van der Waals surface area contributed by atoms with E-state index in [1.807, 2.05) is 0 Å². The Balaban J connectivity index is 1.88. The van der Waals surface area contributed by atoms with Gasteiger partial charge in [0.15, 0.2) is 11.5 Å². The zero-order valence-electron chi connectivity index (χ0n) is 13.3. The Morgan fingerprint density at radius 3 is 2.17 bits per heavy atom. The molecule has 0 bridgehead atoms. The van der Waals surface area contributed by atoms with Crippen LogP contribution in [0.2, 0.25) is 5.02 Å². The number of nitrogens with zero attached hydrogens (tertiary/aromatic N) is 1. The molecule has 128 valence electrons. The van der Waals surface area contributed by atoms with Gasteiger partial charge < -0.3 is 14.8 Å². The summed E-state index contributed by atoms with van der Waals surface area (Å²) in [5.74, 6) is 0.761. The number of hydrogen-bond acceptors (Lipinski definition) is 5. The number of halogens is 1. The Hall–Kier alpha value is -1.02. The highest BCUT2D eigenvalue weighted by Gasteiger charge is 2.42. The number of benzene rings is 1. The lowest BCUT2D eigenvalue weighted by Gasteiger charge is -2.48. The molecule has 1 N–H and O–H groups in total. The Bertz CT molecular complexity index is 694. The lowest BCUT2D eigenvalue weighted by Crippen LogP contribution is -2.62. The average molecular weight is 361 g/mol. The highest BCUT2D eigenvalue weighted by molar-refractivity contribution is 7.89. The molecule has 0 saturated carbocycles. The molecule has 0 unspecified atom stereocenters. The van der Waals surface area contributed by atoms with Crippen molar-refractivity contribution < 1.29 is 17.9 Å². The Labute approximate surface area is 141 Å². The summed E-state index contributed by atoms with van der Waals surface area (Å²) >= 11 is 6.18. The fourth-order valence-corrected chi connectivity index (χ4v) is 5.18. The van der Waals surface area contributed by atoms with Gasteiger partial charge in [-0.15, -0.1) is 0 Å². The minimum atomic E-state index is -3.65. The highest BCUT2D eigenvalue weighted by atomic mass is 35.5. The molecule has 1 aromatic rings. The first kappa shape index (κ1) is 16.8. The second-order valence-corrected chi connectivity index (χ2v) is 8.31. The second kappa shape index (κ2) is 6.12. The van der Waals surface area contributed by atoms with E-state index in [1.165, 1.54) is 30.7 Å². The second-order valence-electron chi connectivity index (χ2n) is 6.00. The molecule has 1 spiro atoms. The van der Waals surface area contributed by atoms with E-state index in [2.05, 4.69) is 5.32 Å². The highest BCUT2D eigenvalue weighted by Crippen LogP contribution is 2.38. The van der Waals surface area contributed by atoms with Gasteiger partial charge in [-0.2, -0.15) is 4.31 Å². The fraction of sp³-hybridized carbons (Fsp3) is 0.600. The number of rotatable bonds is 4. The molecule has 2 heterocycles. The van der Waals surface area contributed by atoms with E-state index in [0.717, 1.165) is 25.8 Å². The first-order chi connectivity index (χ1) is 10.9. The number of sulfonamides is 1. The van der Waals surface area contributed by atoms with E-state index in [4.69, 9.17) is 21.1 Å². The quantitative estimate of drug-likeness (QED) is 0.887. The maximum Gasteiger partial charge on any atom is 0.244 e. The third-order valence-electron chi connectivity index (χ3n) is 4.84. The summed E-state index contributed by atoms with van der Waals surface area (Å²) in [5, 5.41) is 3.58. The van der Waals surface area contributed by atoms with Crippen LogP contribution in [0.5, 0.6) is 11.5 Å². The van der Waals surface area contributed by atoms with Crippen LogP contribution in [-0.4, -0.2) is 52.1 Å². The molecule has 2 saturated heterocycles. The van der Waals surface area contributed by atoms with Crippen LogP contribution >= 0.6 is 11.6 Å². The molecule has 23 heavy (non-hydrogen) atoms. The Kier molecular flexibility index (Phi) is 4.48. The fourth-order valence-electron chi connectivity index (χ4n) is 3.23. The molecular weight excluding hydrogens is 340 g/mol. The normalized spacial score (nSPS) is 21.0. The van der Waals surface area contributed by atoms with Gasteiger partial charge in [-0.05, 0) is 25.8 Å². The van der Waals surface area contributed by atoms with Gasteiger partial charge in [0.1, 0.15) is 4.90 Å². The predicted octanol–water partition coefficient (Wildman–Crippen LogP) is 1.87. The van der Waals surface area contributed by atoms with Gasteiger partial charge >= 0.3 is 0 Å². The molecule has 0 radical (unpaired) electrons. The monoisotopic (exact) mass is 360 g/mol. The van der Waals surface area contributed by atoms with E-state index in [-0.39, 0.29) is 15.5 Å². The summed E-state index contributed by atoms with van der Waals surface area (Å²) in [4.78, 5) is 0.0642. The van der Waals surface area contributed by atoms with Gasteiger partial charge in [0.2, 0.25) is 10.0 Å². The minimum absolute atomic E-state index is 0.0642. The summed E-state index contributed by atoms with van der Waals surface area (Å²) in [6.07, 6.45) is 2.78. The number of methoxy groups -OCH3 is 2. The van der Waals surface area contributed by atoms with Gasteiger partial charge in [-0.25, -0.2) is 8.42 Å². The van der Waals surface area contributed by atoms with Gasteiger partial charge in [0.05, 0.1) is 19.2 Å². The van der Waals surface area contributed by atoms with Gasteiger partial charge in [-0.1, -0.05) is 11.6 Å². The molecule has 0 aliphatic carbocycles. The van der Waals surface area contributed by atoms with Crippen LogP contribution in [0.15, 0.2) is 17.0 Å². The molecule has 2 aliphatic heterocycles. The molecule has 0 aromatic heterocycles. The largest absolute Gasteiger partial charge is 0.493 e. The smallest absolute Gasteiger partial charge is 0.244 e. The molecule has 0 amide bonds. The third-order valence-corrected chi connectivity index (χ3v) is 7.20. The Morgan fingerprint density at radius 2 is 1.70 bits per heavy atom. The summed E-state index contributed by atoms with van der Waals surface area (Å²) in [5.41, 5.74) is 0.146. The Morgan fingerprint density at radius 1 is 1.13 bits per heavy atom. The van der Waals surface area contributed by atoms with Crippen LogP contribution in [0.1, 0.15) is 19.3 Å². The van der Waals surface area contributed by atoms with Crippen LogP contribution in [0.25, 0.3) is 0 Å². The van der Waals surface area contributed by atoms with E-state index in [1.54, 1.807) is 0 Å².